The summed E-state index contributed by atoms with van der Waals surface area (Å²) in [7, 11) is 0. The van der Waals surface area contributed by atoms with E-state index in [-0.39, 0.29) is 6.09 Å². The first-order chi connectivity index (χ1) is 16.0. The molecule has 3 heterocycles. The number of fused-ring (bicyclic) bond motifs is 1. The molecule has 0 saturated carbocycles. The molecule has 1 aromatic carbocycles. The van der Waals surface area contributed by atoms with Gasteiger partial charge in [-0.2, -0.15) is 18.2 Å². The monoisotopic (exact) mass is 476 g/mol. The summed E-state index contributed by atoms with van der Waals surface area (Å²) in [4.78, 5) is 20.6. The summed E-state index contributed by atoms with van der Waals surface area (Å²) >= 11 is 0. The maximum absolute atomic E-state index is 12.8. The lowest BCUT2D eigenvalue weighted by Gasteiger charge is -2.35. The quantitative estimate of drug-likeness (QED) is 0.596. The number of pyridine rings is 1. The Morgan fingerprint density at radius 2 is 1.71 bits per heavy atom. The molecule has 1 fully saturated rings. The van der Waals surface area contributed by atoms with E-state index in [1.54, 1.807) is 9.42 Å². The van der Waals surface area contributed by atoms with Gasteiger partial charge in [0.2, 0.25) is 5.95 Å². The summed E-state index contributed by atoms with van der Waals surface area (Å²) in [5, 5.41) is 7.45. The number of halogens is 3. The Labute approximate surface area is 195 Å². The maximum Gasteiger partial charge on any atom is 0.416 e. The second kappa shape index (κ2) is 9.13. The Hall–Kier alpha value is -3.34. The number of carbonyl (C=O) groups is 1. The van der Waals surface area contributed by atoms with Crippen LogP contribution >= 0.6 is 0 Å². The summed E-state index contributed by atoms with van der Waals surface area (Å²) in [6, 6.07) is 10.4. The number of alkyl halides is 3. The summed E-state index contributed by atoms with van der Waals surface area (Å²) in [6.45, 7) is 8.69. The van der Waals surface area contributed by atoms with E-state index in [1.807, 2.05) is 39.0 Å². The van der Waals surface area contributed by atoms with Crippen molar-refractivity contribution >= 4 is 23.4 Å². The van der Waals surface area contributed by atoms with E-state index >= 15 is 0 Å². The minimum atomic E-state index is -4.38. The lowest BCUT2D eigenvalue weighted by molar-refractivity contribution is -0.137. The normalized spacial score (nSPS) is 15.5. The molecule has 0 unspecified atom stereocenters. The molecule has 1 N–H and O–H groups in total. The fourth-order valence-corrected chi connectivity index (χ4v) is 3.65. The number of anilines is 2. The Kier molecular flexibility index (Phi) is 6.39. The van der Waals surface area contributed by atoms with Crippen molar-refractivity contribution in [1.29, 1.82) is 0 Å². The van der Waals surface area contributed by atoms with Crippen molar-refractivity contribution in [3.05, 3.63) is 53.7 Å². The van der Waals surface area contributed by atoms with Crippen molar-refractivity contribution in [2.24, 2.45) is 0 Å². The number of ether oxygens (including phenoxy) is 1. The average molecular weight is 477 g/mol. The van der Waals surface area contributed by atoms with Crippen LogP contribution < -0.4 is 5.32 Å². The molecule has 2 aromatic heterocycles. The number of nitrogens with one attached hydrogen (secondary N) is 1. The number of piperazine rings is 1. The van der Waals surface area contributed by atoms with Gasteiger partial charge in [-0.3, -0.25) is 4.90 Å². The minimum Gasteiger partial charge on any atom is -0.444 e. The summed E-state index contributed by atoms with van der Waals surface area (Å²) in [6.07, 6.45) is -4.68. The zero-order valence-corrected chi connectivity index (χ0v) is 19.3. The Morgan fingerprint density at radius 3 is 2.32 bits per heavy atom. The highest BCUT2D eigenvalue weighted by Crippen LogP contribution is 2.30. The molecule has 1 saturated heterocycles. The smallest absolute Gasteiger partial charge is 0.416 e. The van der Waals surface area contributed by atoms with Gasteiger partial charge in [0, 0.05) is 38.4 Å². The fraction of sp³-hybridized carbons (Fsp3) is 0.435. The zero-order chi connectivity index (χ0) is 24.5. The van der Waals surface area contributed by atoms with E-state index in [4.69, 9.17) is 4.74 Å². The second-order valence-electron chi connectivity index (χ2n) is 9.17. The second-order valence-corrected chi connectivity index (χ2v) is 9.17. The number of nitrogens with zero attached hydrogens (tertiary/aromatic N) is 5. The van der Waals surface area contributed by atoms with Crippen LogP contribution in [0.1, 0.15) is 32.0 Å². The average Bonchev–Trinajstić information content (AvgIpc) is 3.16. The number of benzene rings is 1. The predicted molar refractivity (Wildman–Crippen MR) is 121 cm³/mol. The number of rotatable bonds is 4. The molecule has 4 rings (SSSR count). The number of aromatic nitrogens is 3. The molecule has 0 aliphatic carbocycles. The lowest BCUT2D eigenvalue weighted by Crippen LogP contribution is -2.49. The number of hydrogen-bond acceptors (Lipinski definition) is 6. The summed E-state index contributed by atoms with van der Waals surface area (Å²) in [5.41, 5.74) is 0.762. The van der Waals surface area contributed by atoms with Gasteiger partial charge >= 0.3 is 12.3 Å². The third-order valence-electron chi connectivity index (χ3n) is 5.32. The van der Waals surface area contributed by atoms with Crippen molar-refractivity contribution in [2.75, 3.05) is 31.5 Å². The van der Waals surface area contributed by atoms with E-state index in [1.165, 1.54) is 12.1 Å². The van der Waals surface area contributed by atoms with Gasteiger partial charge in [-0.25, -0.2) is 9.31 Å². The van der Waals surface area contributed by atoms with Crippen LogP contribution in [-0.4, -0.2) is 62.3 Å². The molecular formula is C23H27F3N6O2. The lowest BCUT2D eigenvalue weighted by atomic mass is 10.2. The van der Waals surface area contributed by atoms with Crippen molar-refractivity contribution in [2.45, 2.75) is 39.1 Å². The first-order valence-corrected chi connectivity index (χ1v) is 11.0. The van der Waals surface area contributed by atoms with Crippen LogP contribution in [0.3, 0.4) is 0 Å². The largest absolute Gasteiger partial charge is 0.444 e. The number of amides is 1. The highest BCUT2D eigenvalue weighted by Gasteiger charge is 2.30. The number of hydrogen-bond donors (Lipinski definition) is 1. The van der Waals surface area contributed by atoms with E-state index in [0.29, 0.717) is 50.0 Å². The fourth-order valence-electron chi connectivity index (χ4n) is 3.65. The summed E-state index contributed by atoms with van der Waals surface area (Å²) < 4.78 is 45.5. The topological polar surface area (TPSA) is 75.0 Å². The molecule has 34 heavy (non-hydrogen) atoms. The minimum absolute atomic E-state index is 0.293. The molecule has 8 nitrogen and oxygen atoms in total. The molecule has 3 aromatic rings. The predicted octanol–water partition coefficient (Wildman–Crippen LogP) is 4.54. The standard InChI is InChI=1S/C23H27F3N6O2/c1-22(2,3)34-21(33)31-13-11-30(12-14-31)15-18-5-4-6-19-28-20(29-32(18)19)27-17-9-7-16(8-10-17)23(24,25)26/h4-10H,11-15H2,1-3H3,(H,27,29). The maximum atomic E-state index is 12.8. The van der Waals surface area contributed by atoms with Gasteiger partial charge < -0.3 is 15.0 Å². The third kappa shape index (κ3) is 5.77. The number of carbonyl (C=O) groups excluding carboxylic acids is 1. The molecule has 1 amide bonds. The Bertz CT molecular complexity index is 1150. The molecular weight excluding hydrogens is 449 g/mol. The third-order valence-corrected chi connectivity index (χ3v) is 5.32. The molecule has 0 bridgehead atoms. The first kappa shape index (κ1) is 23.8. The Balaban J connectivity index is 1.40. The van der Waals surface area contributed by atoms with E-state index in [9.17, 15) is 18.0 Å². The highest BCUT2D eigenvalue weighted by atomic mass is 19.4. The van der Waals surface area contributed by atoms with Crippen LogP contribution in [0.4, 0.5) is 29.6 Å². The summed E-state index contributed by atoms with van der Waals surface area (Å²) in [5.74, 6) is 0.293. The van der Waals surface area contributed by atoms with Gasteiger partial charge in [0.1, 0.15) is 5.60 Å². The van der Waals surface area contributed by atoms with E-state index < -0.39 is 17.3 Å². The van der Waals surface area contributed by atoms with Crippen molar-refractivity contribution in [3.63, 3.8) is 0 Å². The van der Waals surface area contributed by atoms with Gasteiger partial charge in [-0.05, 0) is 57.2 Å². The zero-order valence-electron chi connectivity index (χ0n) is 19.3. The van der Waals surface area contributed by atoms with Crippen molar-refractivity contribution < 1.29 is 22.7 Å². The van der Waals surface area contributed by atoms with Crippen molar-refractivity contribution in [1.82, 2.24) is 24.4 Å². The van der Waals surface area contributed by atoms with Gasteiger partial charge in [0.05, 0.1) is 11.3 Å². The molecule has 11 heteroatoms. The molecule has 0 atom stereocenters. The Morgan fingerprint density at radius 1 is 1.03 bits per heavy atom. The van der Waals surface area contributed by atoms with Gasteiger partial charge in [0.15, 0.2) is 5.65 Å². The first-order valence-electron chi connectivity index (χ1n) is 11.0. The SMILES string of the molecule is CC(C)(C)OC(=O)N1CCN(Cc2cccc3nc(Nc4ccc(C(F)(F)F)cc4)nn23)CC1. The van der Waals surface area contributed by atoms with Gasteiger partial charge in [0.25, 0.3) is 0 Å². The molecule has 0 radical (unpaired) electrons. The van der Waals surface area contributed by atoms with Crippen molar-refractivity contribution in [3.8, 4) is 0 Å². The van der Waals surface area contributed by atoms with Crippen LogP contribution in [0.15, 0.2) is 42.5 Å². The highest BCUT2D eigenvalue weighted by molar-refractivity contribution is 5.68. The van der Waals surface area contributed by atoms with E-state index in [0.717, 1.165) is 17.8 Å². The van der Waals surface area contributed by atoms with E-state index in [2.05, 4.69) is 20.3 Å². The van der Waals surface area contributed by atoms with Crippen LogP contribution in [0.25, 0.3) is 5.65 Å². The van der Waals surface area contributed by atoms with Crippen LogP contribution in [0.2, 0.25) is 0 Å². The van der Waals surface area contributed by atoms with Crippen LogP contribution in [0, 0.1) is 0 Å². The van der Waals surface area contributed by atoms with Gasteiger partial charge in [-0.1, -0.05) is 6.07 Å². The molecule has 0 spiro atoms. The van der Waals surface area contributed by atoms with Gasteiger partial charge in [-0.15, -0.1) is 5.10 Å². The molecule has 1 aliphatic heterocycles. The molecule has 1 aliphatic rings. The molecule has 182 valence electrons. The van der Waals surface area contributed by atoms with Crippen LogP contribution in [0.5, 0.6) is 0 Å². The van der Waals surface area contributed by atoms with Crippen LogP contribution in [-0.2, 0) is 17.5 Å².